The summed E-state index contributed by atoms with van der Waals surface area (Å²) < 4.78 is 19.1. The number of fused-ring (bicyclic) bond motifs is 1. The number of aromatic nitrogens is 4. The summed E-state index contributed by atoms with van der Waals surface area (Å²) >= 11 is 0. The number of nitrogens with zero attached hydrogens (tertiary/aromatic N) is 3. The molecule has 0 radical (unpaired) electrons. The van der Waals surface area contributed by atoms with Gasteiger partial charge in [-0.25, -0.2) is 4.79 Å². The lowest BCUT2D eigenvalue weighted by atomic mass is 10.1. The Hall–Kier alpha value is -1.88. The van der Waals surface area contributed by atoms with Gasteiger partial charge >= 0.3 is 5.69 Å². The number of aliphatic hydroxyl groups excluding tert-OH is 3. The Bertz CT molecular complexity index is 701. The van der Waals surface area contributed by atoms with Crippen LogP contribution < -0.4 is 5.69 Å². The maximum atomic E-state index is 12.9. The van der Waals surface area contributed by atoms with E-state index in [4.69, 9.17) is 9.84 Å². The zero-order valence-corrected chi connectivity index (χ0v) is 9.97. The molecule has 4 N–H and O–H groups in total. The first-order valence-electron chi connectivity index (χ1n) is 5.78. The smallest absolute Gasteiger partial charge is 0.351 e. The Kier molecular flexibility index (Phi) is 3.01. The van der Waals surface area contributed by atoms with Crippen LogP contribution in [0.4, 0.5) is 4.39 Å². The minimum atomic E-state index is -1.42. The van der Waals surface area contributed by atoms with Crippen molar-refractivity contribution in [1.82, 2.24) is 19.5 Å². The molecule has 0 aliphatic carbocycles. The van der Waals surface area contributed by atoms with Crippen molar-refractivity contribution in [2.45, 2.75) is 24.5 Å². The standard InChI is InChI=1S/C10H11FN4O5/c11-9-12-3-1-15(10(19)14-7(3)13-9)8-6(18)5(17)4(2-16)20-8/h1,4-6,8,16-18H,2H2,(H,12,13,14,19). The molecule has 1 aliphatic rings. The first kappa shape index (κ1) is 13.1. The molecule has 10 heteroatoms. The fraction of sp³-hybridized carbons (Fsp3) is 0.500. The summed E-state index contributed by atoms with van der Waals surface area (Å²) in [6.07, 6.45) is -4.72. The van der Waals surface area contributed by atoms with E-state index in [-0.39, 0.29) is 11.2 Å². The molecule has 108 valence electrons. The number of imidazole rings is 1. The zero-order chi connectivity index (χ0) is 14.4. The maximum Gasteiger partial charge on any atom is 0.351 e. The fourth-order valence-corrected chi connectivity index (χ4v) is 2.16. The number of nitrogens with one attached hydrogen (secondary N) is 1. The molecule has 0 saturated carbocycles. The van der Waals surface area contributed by atoms with Crippen molar-refractivity contribution in [1.29, 1.82) is 0 Å². The van der Waals surface area contributed by atoms with E-state index in [1.165, 1.54) is 6.20 Å². The van der Waals surface area contributed by atoms with E-state index in [1.54, 1.807) is 0 Å². The summed E-state index contributed by atoms with van der Waals surface area (Å²) in [6, 6.07) is 0. The first-order valence-corrected chi connectivity index (χ1v) is 5.78. The van der Waals surface area contributed by atoms with Gasteiger partial charge in [-0.15, -0.1) is 0 Å². The number of hydrogen-bond acceptors (Lipinski definition) is 7. The van der Waals surface area contributed by atoms with Crippen molar-refractivity contribution in [3.8, 4) is 0 Å². The third-order valence-corrected chi connectivity index (χ3v) is 3.16. The number of halogens is 1. The van der Waals surface area contributed by atoms with E-state index in [0.717, 1.165) is 4.57 Å². The van der Waals surface area contributed by atoms with Crippen LogP contribution in [0.1, 0.15) is 6.23 Å². The number of aromatic amines is 1. The molecule has 1 saturated heterocycles. The number of rotatable bonds is 2. The highest BCUT2D eigenvalue weighted by Gasteiger charge is 2.43. The Morgan fingerprint density at radius 3 is 2.80 bits per heavy atom. The van der Waals surface area contributed by atoms with Crippen LogP contribution in [0.25, 0.3) is 11.2 Å². The van der Waals surface area contributed by atoms with Gasteiger partial charge in [-0.1, -0.05) is 0 Å². The lowest BCUT2D eigenvalue weighted by Gasteiger charge is -2.16. The summed E-state index contributed by atoms with van der Waals surface area (Å²) in [4.78, 5) is 21.0. The van der Waals surface area contributed by atoms with Crippen LogP contribution in [0.5, 0.6) is 0 Å². The van der Waals surface area contributed by atoms with Crippen LogP contribution in [-0.4, -0.2) is 59.8 Å². The van der Waals surface area contributed by atoms with Crippen molar-refractivity contribution >= 4 is 11.2 Å². The molecule has 9 nitrogen and oxygen atoms in total. The van der Waals surface area contributed by atoms with Crippen LogP contribution in [-0.2, 0) is 4.74 Å². The molecule has 2 aromatic heterocycles. The van der Waals surface area contributed by atoms with E-state index < -0.39 is 42.9 Å². The fourth-order valence-electron chi connectivity index (χ4n) is 2.16. The van der Waals surface area contributed by atoms with Crippen molar-refractivity contribution in [2.75, 3.05) is 6.61 Å². The van der Waals surface area contributed by atoms with Gasteiger partial charge in [0, 0.05) is 6.20 Å². The molecule has 0 amide bonds. The van der Waals surface area contributed by atoms with Crippen LogP contribution in [0.3, 0.4) is 0 Å². The summed E-state index contributed by atoms with van der Waals surface area (Å²) in [6.45, 7) is -0.516. The van der Waals surface area contributed by atoms with E-state index in [1.807, 2.05) is 0 Å². The summed E-state index contributed by atoms with van der Waals surface area (Å²) in [5.74, 6) is 0. The normalized spacial score (nSPS) is 30.2. The molecule has 0 aromatic carbocycles. The van der Waals surface area contributed by atoms with Crippen molar-refractivity contribution in [2.24, 2.45) is 0 Å². The molecule has 1 aliphatic heterocycles. The highest BCUT2D eigenvalue weighted by atomic mass is 19.1. The van der Waals surface area contributed by atoms with Gasteiger partial charge in [0.2, 0.25) is 0 Å². The Labute approximate surface area is 110 Å². The Balaban J connectivity index is 2.06. The maximum absolute atomic E-state index is 12.9. The second-order valence-corrected chi connectivity index (χ2v) is 4.42. The molecule has 0 bridgehead atoms. The molecule has 4 atom stereocenters. The number of aliphatic hydroxyl groups is 3. The van der Waals surface area contributed by atoms with Gasteiger partial charge in [-0.2, -0.15) is 14.4 Å². The van der Waals surface area contributed by atoms with Gasteiger partial charge in [0.25, 0.3) is 6.08 Å². The lowest BCUT2D eigenvalue weighted by molar-refractivity contribution is -0.0547. The predicted octanol–water partition coefficient (Wildman–Crippen LogP) is -2.13. The quantitative estimate of drug-likeness (QED) is 0.463. The van der Waals surface area contributed by atoms with Gasteiger partial charge in [0.1, 0.15) is 23.8 Å². The van der Waals surface area contributed by atoms with Crippen LogP contribution in [0, 0.1) is 6.08 Å². The predicted molar refractivity (Wildman–Crippen MR) is 61.1 cm³/mol. The Morgan fingerprint density at radius 2 is 2.15 bits per heavy atom. The molecule has 1 fully saturated rings. The van der Waals surface area contributed by atoms with Gasteiger partial charge in [-0.3, -0.25) is 4.57 Å². The molecule has 20 heavy (non-hydrogen) atoms. The highest BCUT2D eigenvalue weighted by Crippen LogP contribution is 2.28. The zero-order valence-electron chi connectivity index (χ0n) is 9.97. The largest absolute Gasteiger partial charge is 0.394 e. The molecule has 3 heterocycles. The molecule has 2 aromatic rings. The van der Waals surface area contributed by atoms with Crippen LogP contribution >= 0.6 is 0 Å². The monoisotopic (exact) mass is 286 g/mol. The SMILES string of the molecule is O=c1nc2nc(F)[nH]c2cn1C1OC(CO)C(O)C1O. The minimum absolute atomic E-state index is 0.101. The topological polar surface area (TPSA) is 133 Å². The first-order chi connectivity index (χ1) is 9.51. The number of ether oxygens (including phenoxy) is 1. The number of hydrogen-bond donors (Lipinski definition) is 4. The second kappa shape index (κ2) is 4.59. The highest BCUT2D eigenvalue weighted by molar-refractivity contribution is 5.68. The molecular formula is C10H11FN4O5. The third-order valence-electron chi connectivity index (χ3n) is 3.16. The lowest BCUT2D eigenvalue weighted by Crippen LogP contribution is -2.35. The van der Waals surface area contributed by atoms with E-state index in [0.29, 0.717) is 0 Å². The third kappa shape index (κ3) is 1.89. The van der Waals surface area contributed by atoms with E-state index in [9.17, 15) is 19.4 Å². The summed E-state index contributed by atoms with van der Waals surface area (Å²) in [7, 11) is 0. The van der Waals surface area contributed by atoms with Gasteiger partial charge in [0.15, 0.2) is 11.9 Å². The summed E-state index contributed by atoms with van der Waals surface area (Å²) in [5.41, 5.74) is -0.783. The van der Waals surface area contributed by atoms with Gasteiger partial charge in [0.05, 0.1) is 6.61 Å². The average molecular weight is 286 g/mol. The number of H-pyrrole nitrogens is 1. The summed E-state index contributed by atoms with van der Waals surface area (Å²) in [5, 5.41) is 28.5. The second-order valence-electron chi connectivity index (χ2n) is 4.42. The van der Waals surface area contributed by atoms with Crippen molar-refractivity contribution < 1.29 is 24.4 Å². The molecule has 3 rings (SSSR count). The van der Waals surface area contributed by atoms with Crippen LogP contribution in [0.2, 0.25) is 0 Å². The average Bonchev–Trinajstić information content (AvgIpc) is 2.89. The molecular weight excluding hydrogens is 275 g/mol. The molecule has 4 unspecified atom stereocenters. The van der Waals surface area contributed by atoms with Gasteiger partial charge < -0.3 is 25.0 Å². The van der Waals surface area contributed by atoms with E-state index in [2.05, 4.69) is 15.0 Å². The molecule has 0 spiro atoms. The Morgan fingerprint density at radius 1 is 1.40 bits per heavy atom. The van der Waals surface area contributed by atoms with Crippen molar-refractivity contribution in [3.05, 3.63) is 22.8 Å². The minimum Gasteiger partial charge on any atom is -0.394 e. The van der Waals surface area contributed by atoms with Crippen molar-refractivity contribution in [3.63, 3.8) is 0 Å². The van der Waals surface area contributed by atoms with E-state index >= 15 is 0 Å². The van der Waals surface area contributed by atoms with Crippen LogP contribution in [0.15, 0.2) is 11.0 Å². The van der Waals surface area contributed by atoms with Gasteiger partial charge in [-0.05, 0) is 0 Å².